The molecule has 0 aromatic heterocycles. The van der Waals surface area contributed by atoms with Crippen LogP contribution in [-0.4, -0.2) is 54.2 Å². The highest BCUT2D eigenvalue weighted by atomic mass is 16.5. The molecule has 0 aromatic carbocycles. The van der Waals surface area contributed by atoms with Crippen molar-refractivity contribution in [1.29, 1.82) is 0 Å². The van der Waals surface area contributed by atoms with E-state index in [2.05, 4.69) is 25.8 Å². The summed E-state index contributed by atoms with van der Waals surface area (Å²) in [6.07, 6.45) is 6.20. The highest BCUT2D eigenvalue weighted by molar-refractivity contribution is 5.79. The molecular formula is C18H36N2O2. The minimum absolute atomic E-state index is 0. The largest absolute Gasteiger partial charge is 0.350 e. The average molecular weight is 312 g/mol. The molecule has 22 heavy (non-hydrogen) atoms. The number of likely N-dealkylation sites (tertiary alicyclic amines) is 1. The van der Waals surface area contributed by atoms with Crippen LogP contribution in [0, 0.1) is 5.92 Å². The van der Waals surface area contributed by atoms with Gasteiger partial charge >= 0.3 is 0 Å². The number of ether oxygens (including phenoxy) is 1. The number of piperidine rings is 1. The smallest absolute Gasteiger partial charge is 0.227 e. The molecule has 1 unspecified atom stereocenters. The number of hydrogen-bond donors (Lipinski definition) is 0. The van der Waals surface area contributed by atoms with E-state index in [4.69, 9.17) is 4.74 Å². The van der Waals surface area contributed by atoms with Gasteiger partial charge in [0, 0.05) is 19.0 Å². The van der Waals surface area contributed by atoms with E-state index in [0.29, 0.717) is 5.91 Å². The van der Waals surface area contributed by atoms with Crippen molar-refractivity contribution >= 4 is 5.91 Å². The lowest BCUT2D eigenvalue weighted by atomic mass is 9.91. The lowest BCUT2D eigenvalue weighted by Crippen LogP contribution is -2.46. The normalized spacial score (nSPS) is 24.8. The first-order valence-corrected chi connectivity index (χ1v) is 8.68. The molecular weight excluding hydrogens is 276 g/mol. The standard InChI is InChI=1S/C17H32N2O2.CH4/c1-5-7-15(8-6-2)16(20)19-13-17(21-14(19)3)9-11-18(4)12-10-17;/h14-15H,5-13H2,1-4H3;1H4. The summed E-state index contributed by atoms with van der Waals surface area (Å²) in [5.41, 5.74) is -0.0788. The summed E-state index contributed by atoms with van der Waals surface area (Å²) >= 11 is 0. The third-order valence-corrected chi connectivity index (χ3v) is 5.12. The van der Waals surface area contributed by atoms with Crippen LogP contribution in [0.3, 0.4) is 0 Å². The van der Waals surface area contributed by atoms with Crippen LogP contribution in [0.15, 0.2) is 0 Å². The summed E-state index contributed by atoms with van der Waals surface area (Å²) in [5, 5.41) is 0. The molecule has 4 heteroatoms. The number of hydrogen-bond acceptors (Lipinski definition) is 3. The van der Waals surface area contributed by atoms with E-state index < -0.39 is 0 Å². The second-order valence-corrected chi connectivity index (χ2v) is 6.94. The molecule has 1 amide bonds. The van der Waals surface area contributed by atoms with Gasteiger partial charge in [-0.3, -0.25) is 4.79 Å². The van der Waals surface area contributed by atoms with Crippen LogP contribution in [-0.2, 0) is 9.53 Å². The van der Waals surface area contributed by atoms with E-state index in [9.17, 15) is 4.79 Å². The highest BCUT2D eigenvalue weighted by Crippen LogP contribution is 2.36. The van der Waals surface area contributed by atoms with Gasteiger partial charge in [0.25, 0.3) is 0 Å². The zero-order chi connectivity index (χ0) is 15.5. The maximum atomic E-state index is 12.9. The van der Waals surface area contributed by atoms with Gasteiger partial charge in [0.15, 0.2) is 0 Å². The SMILES string of the molecule is C.CCCC(CCC)C(=O)N1CC2(CCN(C)CC2)OC1C. The van der Waals surface area contributed by atoms with Crippen LogP contribution < -0.4 is 0 Å². The van der Waals surface area contributed by atoms with Crippen molar-refractivity contribution in [2.75, 3.05) is 26.7 Å². The predicted octanol–water partition coefficient (Wildman–Crippen LogP) is 3.51. The second-order valence-electron chi connectivity index (χ2n) is 6.94. The first kappa shape index (κ1) is 19.4. The third kappa shape index (κ3) is 4.23. The molecule has 0 N–H and O–H groups in total. The number of nitrogens with zero attached hydrogens (tertiary/aromatic N) is 2. The van der Waals surface area contributed by atoms with Gasteiger partial charge in [0.05, 0.1) is 12.1 Å². The Labute approximate surface area is 137 Å². The topological polar surface area (TPSA) is 32.8 Å². The van der Waals surface area contributed by atoms with E-state index in [1.54, 1.807) is 0 Å². The molecule has 130 valence electrons. The van der Waals surface area contributed by atoms with E-state index in [0.717, 1.165) is 58.2 Å². The molecule has 2 fully saturated rings. The monoisotopic (exact) mass is 312 g/mol. The van der Waals surface area contributed by atoms with Crippen molar-refractivity contribution in [3.8, 4) is 0 Å². The van der Waals surface area contributed by atoms with Crippen molar-refractivity contribution in [2.45, 2.75) is 78.6 Å². The lowest BCUT2D eigenvalue weighted by molar-refractivity contribution is -0.141. The van der Waals surface area contributed by atoms with Crippen molar-refractivity contribution in [3.05, 3.63) is 0 Å². The summed E-state index contributed by atoms with van der Waals surface area (Å²) < 4.78 is 6.26. The van der Waals surface area contributed by atoms with Crippen molar-refractivity contribution < 1.29 is 9.53 Å². The van der Waals surface area contributed by atoms with E-state index in [1.807, 2.05) is 11.8 Å². The third-order valence-electron chi connectivity index (χ3n) is 5.12. The van der Waals surface area contributed by atoms with E-state index in [-0.39, 0.29) is 25.2 Å². The fourth-order valence-corrected chi connectivity index (χ4v) is 3.78. The van der Waals surface area contributed by atoms with E-state index >= 15 is 0 Å². The molecule has 2 heterocycles. The predicted molar refractivity (Wildman–Crippen MR) is 91.8 cm³/mol. The Hall–Kier alpha value is -0.610. The number of rotatable bonds is 5. The lowest BCUT2D eigenvalue weighted by Gasteiger charge is -2.36. The zero-order valence-corrected chi connectivity index (χ0v) is 14.2. The van der Waals surface area contributed by atoms with Gasteiger partial charge in [-0.15, -0.1) is 0 Å². The Bertz CT molecular complexity index is 345. The first-order valence-electron chi connectivity index (χ1n) is 8.68. The Morgan fingerprint density at radius 1 is 1.23 bits per heavy atom. The minimum atomic E-state index is -0.0788. The van der Waals surface area contributed by atoms with Gasteiger partial charge in [-0.1, -0.05) is 34.1 Å². The molecule has 2 aliphatic rings. The van der Waals surface area contributed by atoms with Crippen molar-refractivity contribution in [2.24, 2.45) is 5.92 Å². The van der Waals surface area contributed by atoms with Gasteiger partial charge in [0.1, 0.15) is 6.23 Å². The van der Waals surface area contributed by atoms with Crippen LogP contribution in [0.25, 0.3) is 0 Å². The fourth-order valence-electron chi connectivity index (χ4n) is 3.78. The molecule has 1 spiro atoms. The second kappa shape index (κ2) is 8.30. The molecule has 2 saturated heterocycles. The number of carbonyl (C=O) groups is 1. The van der Waals surface area contributed by atoms with Gasteiger partial charge in [-0.25, -0.2) is 0 Å². The van der Waals surface area contributed by atoms with Gasteiger partial charge < -0.3 is 14.5 Å². The average Bonchev–Trinajstić information content (AvgIpc) is 2.78. The molecule has 0 aliphatic carbocycles. The molecule has 2 rings (SSSR count). The minimum Gasteiger partial charge on any atom is -0.350 e. The summed E-state index contributed by atoms with van der Waals surface area (Å²) in [6, 6.07) is 0. The van der Waals surface area contributed by atoms with E-state index in [1.165, 1.54) is 0 Å². The van der Waals surface area contributed by atoms with Gasteiger partial charge in [-0.2, -0.15) is 0 Å². The molecule has 4 nitrogen and oxygen atoms in total. The molecule has 1 atom stereocenters. The Morgan fingerprint density at radius 3 is 2.27 bits per heavy atom. The van der Waals surface area contributed by atoms with Crippen LogP contribution in [0.1, 0.15) is 66.7 Å². The molecule has 0 aromatic rings. The van der Waals surface area contributed by atoms with Gasteiger partial charge in [0.2, 0.25) is 5.91 Å². The number of amides is 1. The van der Waals surface area contributed by atoms with Gasteiger partial charge in [-0.05, 0) is 39.7 Å². The summed E-state index contributed by atoms with van der Waals surface area (Å²) in [4.78, 5) is 17.2. The Morgan fingerprint density at radius 2 is 1.77 bits per heavy atom. The fraction of sp³-hybridized carbons (Fsp3) is 0.944. The number of carbonyl (C=O) groups excluding carboxylic acids is 1. The molecule has 2 aliphatic heterocycles. The van der Waals surface area contributed by atoms with Crippen LogP contribution in [0.2, 0.25) is 0 Å². The molecule has 0 saturated carbocycles. The highest BCUT2D eigenvalue weighted by Gasteiger charge is 2.47. The Balaban J connectivity index is 0.00000242. The summed E-state index contributed by atoms with van der Waals surface area (Å²) in [7, 11) is 2.16. The first-order chi connectivity index (χ1) is 10.0. The Kier molecular flexibility index (Phi) is 7.33. The van der Waals surface area contributed by atoms with Crippen LogP contribution in [0.5, 0.6) is 0 Å². The van der Waals surface area contributed by atoms with Crippen molar-refractivity contribution in [1.82, 2.24) is 9.80 Å². The molecule has 0 radical (unpaired) electrons. The zero-order valence-electron chi connectivity index (χ0n) is 14.2. The van der Waals surface area contributed by atoms with Crippen LogP contribution >= 0.6 is 0 Å². The summed E-state index contributed by atoms with van der Waals surface area (Å²) in [6.45, 7) is 9.31. The molecule has 0 bridgehead atoms. The maximum Gasteiger partial charge on any atom is 0.227 e. The van der Waals surface area contributed by atoms with Crippen molar-refractivity contribution in [3.63, 3.8) is 0 Å². The summed E-state index contributed by atoms with van der Waals surface area (Å²) in [5.74, 6) is 0.509. The quantitative estimate of drug-likeness (QED) is 0.779. The van der Waals surface area contributed by atoms with Crippen LogP contribution in [0.4, 0.5) is 0 Å². The maximum absolute atomic E-state index is 12.9.